The van der Waals surface area contributed by atoms with E-state index in [0.717, 1.165) is 18.7 Å². The highest BCUT2D eigenvalue weighted by molar-refractivity contribution is 6.32. The summed E-state index contributed by atoms with van der Waals surface area (Å²) >= 11 is 5.87. The van der Waals surface area contributed by atoms with Crippen LogP contribution in [0.5, 0.6) is 5.75 Å². The zero-order valence-corrected chi connectivity index (χ0v) is 15.7. The van der Waals surface area contributed by atoms with Crippen LogP contribution in [-0.2, 0) is 12.8 Å². The summed E-state index contributed by atoms with van der Waals surface area (Å²) in [5.74, 6) is -0.0585. The molecule has 0 aliphatic rings. The van der Waals surface area contributed by atoms with E-state index in [4.69, 9.17) is 16.3 Å². The van der Waals surface area contributed by atoms with Gasteiger partial charge in [0.1, 0.15) is 12.4 Å². The summed E-state index contributed by atoms with van der Waals surface area (Å²) in [6, 6.07) is 9.75. The summed E-state index contributed by atoms with van der Waals surface area (Å²) < 4.78 is 43.5. The minimum Gasteiger partial charge on any atom is -0.487 e. The molecule has 0 aliphatic carbocycles. The number of carbonyl (C=O) groups excluding carboxylic acids is 1. The van der Waals surface area contributed by atoms with Gasteiger partial charge in [-0.1, -0.05) is 23.7 Å². The van der Waals surface area contributed by atoms with Crippen LogP contribution in [0.25, 0.3) is 0 Å². The van der Waals surface area contributed by atoms with Crippen molar-refractivity contribution >= 4 is 17.5 Å². The maximum Gasteiger partial charge on any atom is 0.416 e. The summed E-state index contributed by atoms with van der Waals surface area (Å²) in [6.45, 7) is 1.32. The summed E-state index contributed by atoms with van der Waals surface area (Å²) in [4.78, 5) is 14.1. The summed E-state index contributed by atoms with van der Waals surface area (Å²) in [5.41, 5.74) is 0.343. The molecule has 4 nitrogen and oxygen atoms in total. The molecule has 1 amide bonds. The number of likely N-dealkylation sites (N-methyl/N-ethyl adjacent to an activating group) is 1. The van der Waals surface area contributed by atoms with E-state index in [-0.39, 0.29) is 23.3 Å². The van der Waals surface area contributed by atoms with E-state index in [9.17, 15) is 18.0 Å². The van der Waals surface area contributed by atoms with E-state index >= 15 is 0 Å². The molecule has 27 heavy (non-hydrogen) atoms. The largest absolute Gasteiger partial charge is 0.487 e. The van der Waals surface area contributed by atoms with Crippen molar-refractivity contribution in [2.45, 2.75) is 12.8 Å². The molecule has 0 saturated heterocycles. The molecule has 0 heterocycles. The van der Waals surface area contributed by atoms with Gasteiger partial charge >= 0.3 is 6.18 Å². The molecule has 2 aromatic carbocycles. The Morgan fingerprint density at radius 3 is 2.56 bits per heavy atom. The van der Waals surface area contributed by atoms with Gasteiger partial charge in [-0.3, -0.25) is 4.79 Å². The molecule has 0 unspecified atom stereocenters. The number of halogens is 4. The fourth-order valence-corrected chi connectivity index (χ4v) is 2.49. The maximum absolute atomic E-state index is 12.7. The molecule has 2 aromatic rings. The highest BCUT2D eigenvalue weighted by Crippen LogP contribution is 2.34. The molecule has 0 bridgehead atoms. The molecule has 0 fully saturated rings. The zero-order chi connectivity index (χ0) is 20.0. The van der Waals surface area contributed by atoms with Crippen molar-refractivity contribution in [2.24, 2.45) is 0 Å². The van der Waals surface area contributed by atoms with E-state index in [0.29, 0.717) is 17.7 Å². The summed E-state index contributed by atoms with van der Waals surface area (Å²) in [6.07, 6.45) is -4.46. The van der Waals surface area contributed by atoms with Gasteiger partial charge in [0.25, 0.3) is 5.91 Å². The van der Waals surface area contributed by atoms with Gasteiger partial charge in [-0.2, -0.15) is 13.2 Å². The number of hydrogen-bond donors (Lipinski definition) is 1. The molecule has 0 aromatic heterocycles. The van der Waals surface area contributed by atoms with Gasteiger partial charge in [0.05, 0.1) is 10.6 Å². The first kappa shape index (κ1) is 21.1. The van der Waals surface area contributed by atoms with Crippen molar-refractivity contribution in [2.75, 3.05) is 27.2 Å². The van der Waals surface area contributed by atoms with Crippen LogP contribution >= 0.6 is 11.6 Å². The molecule has 146 valence electrons. The molecule has 1 N–H and O–H groups in total. The van der Waals surface area contributed by atoms with Crippen molar-refractivity contribution in [3.63, 3.8) is 0 Å². The quantitative estimate of drug-likeness (QED) is 0.756. The second kappa shape index (κ2) is 9.10. The van der Waals surface area contributed by atoms with E-state index in [1.807, 2.05) is 19.0 Å². The number of ether oxygens (including phenoxy) is 1. The number of carbonyl (C=O) groups is 1. The first-order valence-electron chi connectivity index (χ1n) is 8.18. The average Bonchev–Trinajstić information content (AvgIpc) is 2.59. The summed E-state index contributed by atoms with van der Waals surface area (Å²) in [7, 11) is 3.83. The first-order valence-corrected chi connectivity index (χ1v) is 8.56. The predicted molar refractivity (Wildman–Crippen MR) is 98.1 cm³/mol. The lowest BCUT2D eigenvalue weighted by Crippen LogP contribution is -2.31. The molecule has 0 saturated carbocycles. The Bertz CT molecular complexity index is 795. The first-order chi connectivity index (χ1) is 12.7. The molecule has 2 rings (SSSR count). The maximum atomic E-state index is 12.7. The van der Waals surface area contributed by atoms with Crippen LogP contribution in [0.4, 0.5) is 13.2 Å². The standard InChI is InChI=1S/C19H20ClF3N2O2/c1-25(2)9-8-24-18(26)14-5-3-4-13(10-14)12-27-17-7-6-15(11-16(17)20)19(21,22)23/h3-7,10-11H,8-9,12H2,1-2H3,(H,24,26). The monoisotopic (exact) mass is 400 g/mol. The van der Waals surface area contributed by atoms with Crippen molar-refractivity contribution in [1.82, 2.24) is 10.2 Å². The lowest BCUT2D eigenvalue weighted by molar-refractivity contribution is -0.137. The fourth-order valence-electron chi connectivity index (χ4n) is 2.25. The highest BCUT2D eigenvalue weighted by Gasteiger charge is 2.31. The number of amides is 1. The number of nitrogens with one attached hydrogen (secondary N) is 1. The molecular weight excluding hydrogens is 381 g/mol. The molecule has 0 aliphatic heterocycles. The second-order valence-electron chi connectivity index (χ2n) is 6.19. The van der Waals surface area contributed by atoms with Gasteiger partial charge in [-0.15, -0.1) is 0 Å². The molecule has 0 radical (unpaired) electrons. The van der Waals surface area contributed by atoms with Gasteiger partial charge in [-0.25, -0.2) is 0 Å². The third-order valence-corrected chi connectivity index (χ3v) is 3.98. The normalized spacial score (nSPS) is 11.5. The van der Waals surface area contributed by atoms with Crippen LogP contribution < -0.4 is 10.1 Å². The zero-order valence-electron chi connectivity index (χ0n) is 14.9. The van der Waals surface area contributed by atoms with Crippen molar-refractivity contribution < 1.29 is 22.7 Å². The van der Waals surface area contributed by atoms with Gasteiger partial charge in [0.2, 0.25) is 0 Å². The topological polar surface area (TPSA) is 41.6 Å². The Hall–Kier alpha value is -2.25. The number of alkyl halides is 3. The van der Waals surface area contributed by atoms with Crippen LogP contribution in [0.2, 0.25) is 5.02 Å². The Balaban J connectivity index is 1.99. The molecule has 0 atom stereocenters. The Labute approximate surface area is 160 Å². The van der Waals surface area contributed by atoms with Gasteiger partial charge in [0.15, 0.2) is 0 Å². The van der Waals surface area contributed by atoms with E-state index in [1.54, 1.807) is 24.3 Å². The van der Waals surface area contributed by atoms with Crippen LogP contribution in [0.1, 0.15) is 21.5 Å². The lowest BCUT2D eigenvalue weighted by Gasteiger charge is -2.12. The third kappa shape index (κ3) is 6.45. The van der Waals surface area contributed by atoms with Crippen LogP contribution in [0.15, 0.2) is 42.5 Å². The van der Waals surface area contributed by atoms with Gasteiger partial charge in [-0.05, 0) is 50.0 Å². The predicted octanol–water partition coefficient (Wildman–Crippen LogP) is 4.23. The van der Waals surface area contributed by atoms with Crippen molar-refractivity contribution in [3.8, 4) is 5.75 Å². The number of nitrogens with zero attached hydrogens (tertiary/aromatic N) is 1. The number of hydrogen-bond acceptors (Lipinski definition) is 3. The van der Waals surface area contributed by atoms with Crippen LogP contribution in [0.3, 0.4) is 0 Å². The number of benzene rings is 2. The van der Waals surface area contributed by atoms with Gasteiger partial charge < -0.3 is 15.0 Å². The minimum atomic E-state index is -4.46. The fraction of sp³-hybridized carbons (Fsp3) is 0.316. The smallest absolute Gasteiger partial charge is 0.416 e. The third-order valence-electron chi connectivity index (χ3n) is 3.69. The Morgan fingerprint density at radius 1 is 1.19 bits per heavy atom. The van der Waals surface area contributed by atoms with Gasteiger partial charge in [0, 0.05) is 18.7 Å². The lowest BCUT2D eigenvalue weighted by atomic mass is 10.1. The highest BCUT2D eigenvalue weighted by atomic mass is 35.5. The minimum absolute atomic E-state index is 0.0733. The Morgan fingerprint density at radius 2 is 1.93 bits per heavy atom. The molecule has 8 heteroatoms. The SMILES string of the molecule is CN(C)CCNC(=O)c1cccc(COc2ccc(C(F)(F)F)cc2Cl)c1. The average molecular weight is 401 g/mol. The molecule has 0 spiro atoms. The Kier molecular flexibility index (Phi) is 7.10. The van der Waals surface area contributed by atoms with E-state index < -0.39 is 11.7 Å². The van der Waals surface area contributed by atoms with Crippen molar-refractivity contribution in [1.29, 1.82) is 0 Å². The molecular formula is C19H20ClF3N2O2. The van der Waals surface area contributed by atoms with E-state index in [2.05, 4.69) is 5.32 Å². The second-order valence-corrected chi connectivity index (χ2v) is 6.60. The number of rotatable bonds is 7. The summed E-state index contributed by atoms with van der Waals surface area (Å²) in [5, 5.41) is 2.69. The van der Waals surface area contributed by atoms with Crippen LogP contribution in [0, 0.1) is 0 Å². The van der Waals surface area contributed by atoms with Crippen molar-refractivity contribution in [3.05, 3.63) is 64.2 Å². The van der Waals surface area contributed by atoms with Crippen LogP contribution in [-0.4, -0.2) is 38.0 Å². The van der Waals surface area contributed by atoms with E-state index in [1.165, 1.54) is 6.07 Å².